The summed E-state index contributed by atoms with van der Waals surface area (Å²) in [5.41, 5.74) is 2.16. The molecule has 0 N–H and O–H groups in total. The molecule has 4 rings (SSSR count). The van der Waals surface area contributed by atoms with E-state index in [0.717, 1.165) is 11.3 Å². The summed E-state index contributed by atoms with van der Waals surface area (Å²) in [6.45, 7) is 2.07. The number of allylic oxidation sites excluding steroid dienone is 1. The molecule has 0 saturated carbocycles. The van der Waals surface area contributed by atoms with Crippen molar-refractivity contribution in [2.24, 2.45) is 4.74 Å². The Hall–Kier alpha value is -3.15. The largest absolute Gasteiger partial charge is 0.254 e. The zero-order valence-corrected chi connectivity index (χ0v) is 17.4. The van der Waals surface area contributed by atoms with Gasteiger partial charge in [0.1, 0.15) is 0 Å². The van der Waals surface area contributed by atoms with Crippen LogP contribution in [0.5, 0.6) is 0 Å². The van der Waals surface area contributed by atoms with E-state index in [4.69, 9.17) is 4.74 Å². The Morgan fingerprint density at radius 3 is 1.24 bits per heavy atom. The van der Waals surface area contributed by atoms with Gasteiger partial charge in [-0.25, -0.2) is 0 Å². The van der Waals surface area contributed by atoms with Crippen LogP contribution in [-0.2, 0) is 0 Å². The number of nitrogens with zero attached hydrogens (tertiary/aromatic N) is 1. The summed E-state index contributed by atoms with van der Waals surface area (Å²) >= 11 is 0. The lowest BCUT2D eigenvalue weighted by molar-refractivity contribution is 1.50. The Balaban J connectivity index is 2.11. The summed E-state index contributed by atoms with van der Waals surface area (Å²) < 4.78 is 5.58. The molecule has 0 radical (unpaired) electrons. The van der Waals surface area contributed by atoms with Crippen LogP contribution in [0.2, 0.25) is 0 Å². The van der Waals surface area contributed by atoms with Gasteiger partial charge < -0.3 is 0 Å². The Kier molecular flexibility index (Phi) is 5.89. The van der Waals surface area contributed by atoms with Crippen LogP contribution in [0.15, 0.2) is 132 Å². The first kappa shape index (κ1) is 19.2. The van der Waals surface area contributed by atoms with Gasteiger partial charge in [0.25, 0.3) is 0 Å². The zero-order chi connectivity index (χ0) is 19.9. The lowest BCUT2D eigenvalue weighted by Gasteiger charge is -2.27. The average molecular weight is 393 g/mol. The second-order valence-electron chi connectivity index (χ2n) is 6.78. The van der Waals surface area contributed by atoms with Crippen molar-refractivity contribution in [1.82, 2.24) is 0 Å². The fourth-order valence-electron chi connectivity index (χ4n) is 3.60. The average Bonchev–Trinajstić information content (AvgIpc) is 2.82. The third kappa shape index (κ3) is 3.88. The van der Waals surface area contributed by atoms with Gasteiger partial charge in [0.05, 0.1) is 12.8 Å². The van der Waals surface area contributed by atoms with E-state index >= 15 is 0 Å². The first-order valence-electron chi connectivity index (χ1n) is 9.85. The maximum absolute atomic E-state index is 5.58. The normalized spacial score (nSPS) is 11.8. The zero-order valence-electron chi connectivity index (χ0n) is 16.5. The van der Waals surface area contributed by atoms with Crippen LogP contribution in [0, 0.1) is 0 Å². The van der Waals surface area contributed by atoms with Gasteiger partial charge in [-0.3, -0.25) is 4.74 Å². The number of benzene rings is 4. The highest BCUT2D eigenvalue weighted by atomic mass is 31.2. The third-order valence-corrected chi connectivity index (χ3v) is 8.64. The highest BCUT2D eigenvalue weighted by Gasteiger charge is 2.27. The van der Waals surface area contributed by atoms with Crippen LogP contribution in [0.3, 0.4) is 0 Å². The molecule has 0 aliphatic carbocycles. The first-order chi connectivity index (χ1) is 14.3. The van der Waals surface area contributed by atoms with E-state index in [1.165, 1.54) is 15.9 Å². The second kappa shape index (κ2) is 8.90. The van der Waals surface area contributed by atoms with Crippen LogP contribution >= 0.6 is 7.05 Å². The lowest BCUT2D eigenvalue weighted by Crippen LogP contribution is -2.25. The Morgan fingerprint density at radius 1 is 0.552 bits per heavy atom. The fraction of sp³-hybridized carbons (Fsp3) is 0.0370. The van der Waals surface area contributed by atoms with Crippen molar-refractivity contribution in [2.45, 2.75) is 6.92 Å². The van der Waals surface area contributed by atoms with E-state index in [0.29, 0.717) is 0 Å². The molecule has 2 heteroatoms. The van der Waals surface area contributed by atoms with Gasteiger partial charge in [-0.05, 0) is 12.5 Å². The predicted octanol–water partition coefficient (Wildman–Crippen LogP) is 6.23. The van der Waals surface area contributed by atoms with Crippen LogP contribution in [-0.4, -0.2) is 0 Å². The topological polar surface area (TPSA) is 12.4 Å². The van der Waals surface area contributed by atoms with Gasteiger partial charge in [-0.1, -0.05) is 127 Å². The summed E-state index contributed by atoms with van der Waals surface area (Å²) in [7, 11) is -2.23. The summed E-state index contributed by atoms with van der Waals surface area (Å²) in [6.07, 6.45) is 2.12. The van der Waals surface area contributed by atoms with Gasteiger partial charge in [0, 0.05) is 15.9 Å². The molecule has 0 atom stereocenters. The highest BCUT2D eigenvalue weighted by molar-refractivity contribution is 7.87. The predicted molar refractivity (Wildman–Crippen MR) is 128 cm³/mol. The summed E-state index contributed by atoms with van der Waals surface area (Å²) in [6, 6.07) is 42.7. The Morgan fingerprint density at radius 2 is 0.897 bits per heavy atom. The number of hydrogen-bond acceptors (Lipinski definition) is 1. The quantitative estimate of drug-likeness (QED) is 0.357. The van der Waals surface area contributed by atoms with E-state index < -0.39 is 7.05 Å². The van der Waals surface area contributed by atoms with E-state index in [-0.39, 0.29) is 0 Å². The van der Waals surface area contributed by atoms with Crippen LogP contribution in [0.4, 0.5) is 0 Å². The van der Waals surface area contributed by atoms with Gasteiger partial charge >= 0.3 is 0 Å². The molecule has 0 aliphatic heterocycles. The Labute approximate surface area is 173 Å². The summed E-state index contributed by atoms with van der Waals surface area (Å²) in [4.78, 5) is 0. The van der Waals surface area contributed by atoms with Gasteiger partial charge in [-0.2, -0.15) is 0 Å². The van der Waals surface area contributed by atoms with Crippen molar-refractivity contribution in [1.29, 1.82) is 0 Å². The standard InChI is InChI=1S/C27H24NP/c1-2-27(23-15-7-3-8-16-23)28-29(24-17-9-4-10-18-24,25-19-11-5-12-20-25)26-21-13-6-14-22-26/h2-22H,1H3/b27-2-. The molecule has 0 unspecified atom stereocenters. The smallest absolute Gasteiger partial charge is 0.0654 e. The molecule has 0 bridgehead atoms. The van der Waals surface area contributed by atoms with Crippen molar-refractivity contribution in [2.75, 3.05) is 0 Å². The molecule has 0 spiro atoms. The van der Waals surface area contributed by atoms with E-state index in [1.54, 1.807) is 0 Å². The molecular weight excluding hydrogens is 369 g/mol. The maximum Gasteiger partial charge on any atom is 0.0654 e. The fourth-order valence-corrected chi connectivity index (χ4v) is 7.21. The lowest BCUT2D eigenvalue weighted by atomic mass is 10.2. The minimum absolute atomic E-state index is 1.02. The molecule has 29 heavy (non-hydrogen) atoms. The van der Waals surface area contributed by atoms with E-state index in [1.807, 2.05) is 6.07 Å². The third-order valence-electron chi connectivity index (χ3n) is 4.99. The molecule has 1 nitrogen and oxygen atoms in total. The van der Waals surface area contributed by atoms with Crippen molar-refractivity contribution in [3.05, 3.63) is 133 Å². The van der Waals surface area contributed by atoms with Crippen LogP contribution < -0.4 is 15.9 Å². The van der Waals surface area contributed by atoms with Crippen molar-refractivity contribution >= 4 is 28.7 Å². The van der Waals surface area contributed by atoms with Crippen molar-refractivity contribution in [3.8, 4) is 0 Å². The van der Waals surface area contributed by atoms with Crippen LogP contribution in [0.1, 0.15) is 12.5 Å². The molecule has 0 aliphatic rings. The summed E-state index contributed by atoms with van der Waals surface area (Å²) in [5.74, 6) is 0. The monoisotopic (exact) mass is 393 g/mol. The van der Waals surface area contributed by atoms with Gasteiger partial charge in [0.15, 0.2) is 0 Å². The van der Waals surface area contributed by atoms with Crippen molar-refractivity contribution in [3.63, 3.8) is 0 Å². The molecule has 4 aromatic carbocycles. The maximum atomic E-state index is 5.58. The molecule has 0 heterocycles. The first-order valence-corrected chi connectivity index (χ1v) is 11.6. The van der Waals surface area contributed by atoms with Gasteiger partial charge in [0.2, 0.25) is 0 Å². The van der Waals surface area contributed by atoms with Crippen LogP contribution in [0.25, 0.3) is 5.70 Å². The molecule has 142 valence electrons. The molecule has 0 aromatic heterocycles. The minimum Gasteiger partial charge on any atom is -0.254 e. The van der Waals surface area contributed by atoms with E-state index in [9.17, 15) is 0 Å². The van der Waals surface area contributed by atoms with Crippen molar-refractivity contribution < 1.29 is 0 Å². The molecule has 0 saturated heterocycles. The summed E-state index contributed by atoms with van der Waals surface area (Å²) in [5, 5.41) is 3.77. The SMILES string of the molecule is C/C=C(\N=P(c1ccccc1)(c1ccccc1)c1ccccc1)c1ccccc1. The second-order valence-corrected chi connectivity index (χ2v) is 9.80. The molecule has 0 amide bonds. The number of hydrogen-bond donors (Lipinski definition) is 0. The molecule has 4 aromatic rings. The Bertz CT molecular complexity index is 1030. The van der Waals surface area contributed by atoms with E-state index in [2.05, 4.69) is 128 Å². The molecule has 0 fully saturated rings. The highest BCUT2D eigenvalue weighted by Crippen LogP contribution is 2.48. The minimum atomic E-state index is -2.23. The van der Waals surface area contributed by atoms with Gasteiger partial charge in [-0.15, -0.1) is 0 Å². The number of rotatable bonds is 5. The molecular formula is C27H24NP.